The molecule has 22 heavy (non-hydrogen) atoms. The highest BCUT2D eigenvalue weighted by atomic mass is 79.9. The summed E-state index contributed by atoms with van der Waals surface area (Å²) in [5, 5.41) is 8.28. The lowest BCUT2D eigenvalue weighted by Gasteiger charge is -2.25. The van der Waals surface area contributed by atoms with E-state index in [0.717, 1.165) is 11.0 Å². The predicted octanol–water partition coefficient (Wildman–Crippen LogP) is 1.79. The Morgan fingerprint density at radius 1 is 0.682 bits per heavy atom. The van der Waals surface area contributed by atoms with Crippen molar-refractivity contribution in [2.75, 3.05) is 21.1 Å². The summed E-state index contributed by atoms with van der Waals surface area (Å²) in [5.74, 6) is 0. The van der Waals surface area contributed by atoms with Gasteiger partial charge in [-0.25, -0.2) is 0 Å². The van der Waals surface area contributed by atoms with E-state index in [4.69, 9.17) is 0 Å². The van der Waals surface area contributed by atoms with Crippen LogP contribution < -0.4 is 17.0 Å². The second kappa shape index (κ2) is 5.22. The lowest BCUT2D eigenvalue weighted by atomic mass is 9.92. The number of rotatable bonds is 2. The first-order valence-corrected chi connectivity index (χ1v) is 7.49. The molecule has 0 saturated carbocycles. The molecule has 0 atom stereocenters. The summed E-state index contributed by atoms with van der Waals surface area (Å²) in [4.78, 5) is 0. The van der Waals surface area contributed by atoms with Crippen LogP contribution in [0.5, 0.6) is 0 Å². The van der Waals surface area contributed by atoms with Crippen molar-refractivity contribution in [1.82, 2.24) is 0 Å². The monoisotopic (exact) mass is 353 g/mol. The first-order valence-electron chi connectivity index (χ1n) is 7.49. The third-order valence-electron chi connectivity index (χ3n) is 4.26. The molecule has 4 aromatic rings. The van der Waals surface area contributed by atoms with E-state index in [0.29, 0.717) is 0 Å². The van der Waals surface area contributed by atoms with Crippen LogP contribution in [0.25, 0.3) is 32.3 Å². The van der Waals surface area contributed by atoms with Gasteiger partial charge in [0.15, 0.2) is 0 Å². The summed E-state index contributed by atoms with van der Waals surface area (Å²) in [6.07, 6.45) is 0. The van der Waals surface area contributed by atoms with Crippen LogP contribution in [0.3, 0.4) is 0 Å². The third kappa shape index (κ3) is 2.37. The molecule has 0 amide bonds. The Morgan fingerprint density at radius 2 is 1.23 bits per heavy atom. The molecule has 1 nitrogen and oxygen atoms in total. The van der Waals surface area contributed by atoms with E-state index in [1.54, 1.807) is 0 Å². The Hall–Kier alpha value is -1.64. The molecule has 0 fully saturated rings. The maximum absolute atomic E-state index is 2.30. The Kier molecular flexibility index (Phi) is 3.62. The van der Waals surface area contributed by atoms with Crippen LogP contribution in [0.2, 0.25) is 0 Å². The third-order valence-corrected chi connectivity index (χ3v) is 4.26. The van der Waals surface area contributed by atoms with Gasteiger partial charge in [0.05, 0.1) is 21.1 Å². The van der Waals surface area contributed by atoms with Crippen molar-refractivity contribution in [1.29, 1.82) is 0 Å². The molecule has 4 rings (SSSR count). The fraction of sp³-hybridized carbons (Fsp3) is 0.200. The van der Waals surface area contributed by atoms with Crippen molar-refractivity contribution in [2.45, 2.75) is 6.54 Å². The molecule has 0 unspecified atom stereocenters. The highest BCUT2D eigenvalue weighted by molar-refractivity contribution is 6.23. The molecule has 0 aliphatic carbocycles. The molecule has 0 bridgehead atoms. The molecule has 2 heteroatoms. The minimum absolute atomic E-state index is 0. The fourth-order valence-corrected chi connectivity index (χ4v) is 3.44. The standard InChI is InChI=1S/C20H20N.BrH/c1-21(2,3)13-17-10-9-16-8-7-14-5-4-6-15-11-12-18(17)20(16)19(14)15;/h4-12H,13H2,1-3H3;1H/q+1;/p-1. The second-order valence-corrected chi connectivity index (χ2v) is 7.03. The van der Waals surface area contributed by atoms with Crippen molar-refractivity contribution in [3.8, 4) is 0 Å². The Bertz CT molecular complexity index is 934. The SMILES string of the molecule is C[N+](C)(C)Cc1ccc2ccc3cccc4ccc1c2c34.[Br-]. The number of halogens is 1. The minimum atomic E-state index is 0. The molecule has 0 spiro atoms. The summed E-state index contributed by atoms with van der Waals surface area (Å²) in [6, 6.07) is 20.2. The van der Waals surface area contributed by atoms with Gasteiger partial charge < -0.3 is 21.5 Å². The largest absolute Gasteiger partial charge is 1.00 e. The highest BCUT2D eigenvalue weighted by Gasteiger charge is 2.15. The van der Waals surface area contributed by atoms with E-state index >= 15 is 0 Å². The number of hydrogen-bond donors (Lipinski definition) is 0. The zero-order valence-electron chi connectivity index (χ0n) is 13.2. The summed E-state index contributed by atoms with van der Waals surface area (Å²) in [6.45, 7) is 1.05. The van der Waals surface area contributed by atoms with Gasteiger partial charge in [-0.1, -0.05) is 54.6 Å². The fourth-order valence-electron chi connectivity index (χ4n) is 3.44. The van der Waals surface area contributed by atoms with E-state index in [9.17, 15) is 0 Å². The summed E-state index contributed by atoms with van der Waals surface area (Å²) >= 11 is 0. The van der Waals surface area contributed by atoms with Crippen LogP contribution in [0.15, 0.2) is 54.6 Å². The zero-order valence-corrected chi connectivity index (χ0v) is 14.8. The number of benzene rings is 4. The number of quaternary nitrogens is 1. The van der Waals surface area contributed by atoms with E-state index in [1.165, 1.54) is 37.9 Å². The van der Waals surface area contributed by atoms with Gasteiger partial charge in [-0.15, -0.1) is 0 Å². The summed E-state index contributed by atoms with van der Waals surface area (Å²) < 4.78 is 0.948. The van der Waals surface area contributed by atoms with E-state index < -0.39 is 0 Å². The van der Waals surface area contributed by atoms with Crippen molar-refractivity contribution < 1.29 is 21.5 Å². The smallest absolute Gasteiger partial charge is 0.104 e. The van der Waals surface area contributed by atoms with Crippen LogP contribution in [-0.2, 0) is 6.54 Å². The first-order chi connectivity index (χ1) is 10.0. The maximum atomic E-state index is 2.30. The van der Waals surface area contributed by atoms with E-state index in [1.807, 2.05) is 0 Å². The molecule has 0 saturated heterocycles. The second-order valence-electron chi connectivity index (χ2n) is 7.03. The lowest BCUT2D eigenvalue weighted by molar-refractivity contribution is -0.883. The van der Waals surface area contributed by atoms with E-state index in [-0.39, 0.29) is 17.0 Å². The van der Waals surface area contributed by atoms with Gasteiger partial charge in [-0.2, -0.15) is 0 Å². The summed E-state index contributed by atoms with van der Waals surface area (Å²) in [7, 11) is 6.74. The maximum Gasteiger partial charge on any atom is 0.104 e. The molecular formula is C20H20BrN. The lowest BCUT2D eigenvalue weighted by Crippen LogP contribution is -3.00. The Balaban J connectivity index is 0.00000144. The highest BCUT2D eigenvalue weighted by Crippen LogP contribution is 2.36. The zero-order chi connectivity index (χ0) is 14.6. The van der Waals surface area contributed by atoms with Crippen LogP contribution in [-0.4, -0.2) is 25.6 Å². The molecule has 0 aliphatic heterocycles. The quantitative estimate of drug-likeness (QED) is 0.380. The van der Waals surface area contributed by atoms with Gasteiger partial charge in [0.25, 0.3) is 0 Å². The molecule has 112 valence electrons. The average Bonchev–Trinajstić information content (AvgIpc) is 2.45. The van der Waals surface area contributed by atoms with Gasteiger partial charge >= 0.3 is 0 Å². The molecular weight excluding hydrogens is 334 g/mol. The van der Waals surface area contributed by atoms with Crippen LogP contribution >= 0.6 is 0 Å². The molecule has 0 heterocycles. The van der Waals surface area contributed by atoms with Gasteiger partial charge in [-0.05, 0) is 32.3 Å². The molecule has 0 aromatic heterocycles. The van der Waals surface area contributed by atoms with Crippen molar-refractivity contribution in [2.24, 2.45) is 0 Å². The molecule has 0 radical (unpaired) electrons. The van der Waals surface area contributed by atoms with E-state index in [2.05, 4.69) is 75.7 Å². The average molecular weight is 354 g/mol. The van der Waals surface area contributed by atoms with Crippen LogP contribution in [0.4, 0.5) is 0 Å². The molecule has 0 N–H and O–H groups in total. The van der Waals surface area contributed by atoms with Gasteiger partial charge in [0.2, 0.25) is 0 Å². The molecule has 0 aliphatic rings. The normalized spacial score (nSPS) is 12.1. The Labute approximate surface area is 141 Å². The van der Waals surface area contributed by atoms with Gasteiger partial charge in [0, 0.05) is 5.56 Å². The summed E-state index contributed by atoms with van der Waals surface area (Å²) in [5.41, 5.74) is 1.44. The van der Waals surface area contributed by atoms with Crippen molar-refractivity contribution >= 4 is 32.3 Å². The molecule has 4 aromatic carbocycles. The van der Waals surface area contributed by atoms with Crippen molar-refractivity contribution in [3.63, 3.8) is 0 Å². The van der Waals surface area contributed by atoms with Crippen LogP contribution in [0, 0.1) is 0 Å². The minimum Gasteiger partial charge on any atom is -1.00 e. The van der Waals surface area contributed by atoms with Gasteiger partial charge in [-0.3, -0.25) is 0 Å². The van der Waals surface area contributed by atoms with Gasteiger partial charge in [0.1, 0.15) is 6.54 Å². The number of nitrogens with zero attached hydrogens (tertiary/aromatic N) is 1. The number of hydrogen-bond acceptors (Lipinski definition) is 0. The van der Waals surface area contributed by atoms with Crippen LogP contribution in [0.1, 0.15) is 5.56 Å². The first kappa shape index (κ1) is 15.3. The Morgan fingerprint density at radius 3 is 1.86 bits per heavy atom. The topological polar surface area (TPSA) is 0 Å². The van der Waals surface area contributed by atoms with Crippen molar-refractivity contribution in [3.05, 3.63) is 60.2 Å². The predicted molar refractivity (Wildman–Crippen MR) is 91.9 cm³/mol.